The van der Waals surface area contributed by atoms with Crippen molar-refractivity contribution >= 4 is 17.8 Å². The summed E-state index contributed by atoms with van der Waals surface area (Å²) in [5.41, 5.74) is -1.39. The van der Waals surface area contributed by atoms with Crippen molar-refractivity contribution in [1.29, 1.82) is 0 Å². The van der Waals surface area contributed by atoms with Gasteiger partial charge in [-0.1, -0.05) is 0 Å². The van der Waals surface area contributed by atoms with Crippen LogP contribution < -0.4 is 10.2 Å². The second-order valence-corrected chi connectivity index (χ2v) is 7.80. The number of carbonyl (C=O) groups is 2. The fraction of sp³-hybridized carbons (Fsp3) is 0.632. The van der Waals surface area contributed by atoms with Crippen LogP contribution in [0.2, 0.25) is 0 Å². The molecule has 0 aliphatic carbocycles. The topological polar surface area (TPSA) is 74.8 Å². The first kappa shape index (κ1) is 22.8. The molecule has 1 aliphatic heterocycles. The Bertz CT molecular complexity index is 702. The number of pyridine rings is 1. The van der Waals surface area contributed by atoms with Crippen LogP contribution in [0.5, 0.6) is 0 Å². The summed E-state index contributed by atoms with van der Waals surface area (Å²) in [7, 11) is 0. The van der Waals surface area contributed by atoms with E-state index in [-0.39, 0.29) is 18.9 Å². The summed E-state index contributed by atoms with van der Waals surface area (Å²) >= 11 is 0. The average molecular weight is 416 g/mol. The number of hydrogen-bond donors (Lipinski definition) is 1. The smallest absolute Gasteiger partial charge is 0.417 e. The number of nitrogens with zero attached hydrogens (tertiary/aromatic N) is 3. The molecule has 1 saturated heterocycles. The Morgan fingerprint density at radius 1 is 1.14 bits per heavy atom. The number of aromatic nitrogens is 1. The standard InChI is InChI=1S/C19H27F3N4O3/c1-18(2,3)29-17(28)23-8-7-16(27)26-10-4-9-25(11-12-26)15-6-5-14(13-24-15)19(20,21)22/h5-6,13H,4,7-12H2,1-3H3,(H,23,28). The first-order valence-electron chi connectivity index (χ1n) is 9.48. The summed E-state index contributed by atoms with van der Waals surface area (Å²) < 4.78 is 43.1. The molecule has 29 heavy (non-hydrogen) atoms. The van der Waals surface area contributed by atoms with Gasteiger partial charge in [0.1, 0.15) is 11.4 Å². The zero-order chi connectivity index (χ0) is 21.7. The molecule has 0 aromatic carbocycles. The highest BCUT2D eigenvalue weighted by Gasteiger charge is 2.31. The normalized spacial score (nSPS) is 15.7. The van der Waals surface area contributed by atoms with Crippen molar-refractivity contribution in [2.45, 2.75) is 45.4 Å². The van der Waals surface area contributed by atoms with Gasteiger partial charge in [-0.2, -0.15) is 13.2 Å². The molecule has 0 saturated carbocycles. The van der Waals surface area contributed by atoms with Gasteiger partial charge in [-0.3, -0.25) is 4.79 Å². The second kappa shape index (κ2) is 9.32. The lowest BCUT2D eigenvalue weighted by molar-refractivity contribution is -0.137. The van der Waals surface area contributed by atoms with Crippen LogP contribution in [0.4, 0.5) is 23.8 Å². The second-order valence-electron chi connectivity index (χ2n) is 7.80. The van der Waals surface area contributed by atoms with E-state index in [1.54, 1.807) is 25.7 Å². The summed E-state index contributed by atoms with van der Waals surface area (Å²) in [6.07, 6.45) is -3.33. The van der Waals surface area contributed by atoms with E-state index in [0.717, 1.165) is 12.3 Å². The van der Waals surface area contributed by atoms with Crippen LogP contribution in [0.1, 0.15) is 39.2 Å². The molecule has 7 nitrogen and oxygen atoms in total. The lowest BCUT2D eigenvalue weighted by atomic mass is 10.2. The Morgan fingerprint density at radius 3 is 2.45 bits per heavy atom. The number of hydrogen-bond acceptors (Lipinski definition) is 5. The number of carbonyl (C=O) groups excluding carboxylic acids is 2. The minimum atomic E-state index is -4.42. The minimum absolute atomic E-state index is 0.0942. The first-order chi connectivity index (χ1) is 13.5. The molecule has 1 aromatic rings. The molecule has 0 spiro atoms. The number of ether oxygens (including phenoxy) is 1. The monoisotopic (exact) mass is 416 g/mol. The van der Waals surface area contributed by atoms with Crippen LogP contribution in [0.3, 0.4) is 0 Å². The third-order valence-electron chi connectivity index (χ3n) is 4.25. The largest absolute Gasteiger partial charge is 0.444 e. The van der Waals surface area contributed by atoms with Crippen LogP contribution in [0.15, 0.2) is 18.3 Å². The van der Waals surface area contributed by atoms with E-state index in [1.807, 2.05) is 4.90 Å². The molecular formula is C19H27F3N4O3. The predicted octanol–water partition coefficient (Wildman–Crippen LogP) is 3.05. The molecule has 1 aromatic heterocycles. The Hall–Kier alpha value is -2.52. The third kappa shape index (κ3) is 7.43. The van der Waals surface area contributed by atoms with Gasteiger partial charge >= 0.3 is 12.3 Å². The van der Waals surface area contributed by atoms with Gasteiger partial charge in [-0.25, -0.2) is 9.78 Å². The minimum Gasteiger partial charge on any atom is -0.444 e. The fourth-order valence-corrected chi connectivity index (χ4v) is 2.88. The first-order valence-corrected chi connectivity index (χ1v) is 9.48. The maximum Gasteiger partial charge on any atom is 0.417 e. The van der Waals surface area contributed by atoms with Gasteiger partial charge in [0, 0.05) is 45.3 Å². The van der Waals surface area contributed by atoms with Gasteiger partial charge in [0.2, 0.25) is 5.91 Å². The van der Waals surface area contributed by atoms with Crippen molar-refractivity contribution in [2.75, 3.05) is 37.6 Å². The highest BCUT2D eigenvalue weighted by Crippen LogP contribution is 2.29. The van der Waals surface area contributed by atoms with Crippen molar-refractivity contribution in [3.8, 4) is 0 Å². The van der Waals surface area contributed by atoms with E-state index in [2.05, 4.69) is 10.3 Å². The third-order valence-corrected chi connectivity index (χ3v) is 4.25. The Morgan fingerprint density at radius 2 is 1.86 bits per heavy atom. The Kier molecular flexibility index (Phi) is 7.32. The van der Waals surface area contributed by atoms with Crippen molar-refractivity contribution in [3.63, 3.8) is 0 Å². The van der Waals surface area contributed by atoms with Crippen LogP contribution in [-0.2, 0) is 15.7 Å². The number of anilines is 1. The number of nitrogens with one attached hydrogen (secondary N) is 1. The molecular weight excluding hydrogens is 389 g/mol. The molecule has 2 amide bonds. The van der Waals surface area contributed by atoms with Crippen LogP contribution >= 0.6 is 0 Å². The van der Waals surface area contributed by atoms with Crippen molar-refractivity contribution in [3.05, 3.63) is 23.9 Å². The maximum atomic E-state index is 12.7. The molecule has 2 rings (SSSR count). The van der Waals surface area contributed by atoms with E-state index in [9.17, 15) is 22.8 Å². The summed E-state index contributed by atoms with van der Waals surface area (Å²) in [6.45, 7) is 7.50. The van der Waals surface area contributed by atoms with E-state index >= 15 is 0 Å². The van der Waals surface area contributed by atoms with Gasteiger partial charge in [0.25, 0.3) is 0 Å². The number of alkyl carbamates (subject to hydrolysis) is 1. The summed E-state index contributed by atoms with van der Waals surface area (Å²) in [6, 6.07) is 2.36. The van der Waals surface area contributed by atoms with Crippen molar-refractivity contribution < 1.29 is 27.5 Å². The SMILES string of the molecule is CC(C)(C)OC(=O)NCCC(=O)N1CCCN(c2ccc(C(F)(F)F)cn2)CC1. The van der Waals surface area contributed by atoms with E-state index in [4.69, 9.17) is 4.74 Å². The number of halogens is 3. The lowest BCUT2D eigenvalue weighted by Crippen LogP contribution is -2.38. The van der Waals surface area contributed by atoms with Crippen LogP contribution in [0.25, 0.3) is 0 Å². The van der Waals surface area contributed by atoms with Gasteiger partial charge in [0.05, 0.1) is 5.56 Å². The fourth-order valence-electron chi connectivity index (χ4n) is 2.88. The molecule has 0 radical (unpaired) electrons. The van der Waals surface area contributed by atoms with Gasteiger partial charge in [-0.15, -0.1) is 0 Å². The summed E-state index contributed by atoms with van der Waals surface area (Å²) in [5.74, 6) is 0.363. The van der Waals surface area contributed by atoms with E-state index < -0.39 is 23.4 Å². The van der Waals surface area contributed by atoms with Crippen molar-refractivity contribution in [1.82, 2.24) is 15.2 Å². The number of amides is 2. The Balaban J connectivity index is 1.81. The maximum absolute atomic E-state index is 12.7. The molecule has 1 fully saturated rings. The zero-order valence-corrected chi connectivity index (χ0v) is 16.9. The molecule has 1 N–H and O–H groups in total. The predicted molar refractivity (Wildman–Crippen MR) is 102 cm³/mol. The van der Waals surface area contributed by atoms with Gasteiger partial charge < -0.3 is 19.9 Å². The Labute approximate surface area is 168 Å². The van der Waals surface area contributed by atoms with E-state index in [1.165, 1.54) is 6.07 Å². The molecule has 0 unspecified atom stereocenters. The van der Waals surface area contributed by atoms with Crippen LogP contribution in [0, 0.1) is 0 Å². The summed E-state index contributed by atoms with van der Waals surface area (Å²) in [4.78, 5) is 31.5. The highest BCUT2D eigenvalue weighted by atomic mass is 19.4. The van der Waals surface area contributed by atoms with Gasteiger partial charge in [-0.05, 0) is 39.3 Å². The quantitative estimate of drug-likeness (QED) is 0.817. The molecule has 162 valence electrons. The molecule has 2 heterocycles. The summed E-state index contributed by atoms with van der Waals surface area (Å²) in [5, 5.41) is 2.56. The average Bonchev–Trinajstić information content (AvgIpc) is 2.85. The number of alkyl halides is 3. The molecule has 1 aliphatic rings. The molecule has 10 heteroatoms. The molecule has 0 bridgehead atoms. The van der Waals surface area contributed by atoms with Crippen LogP contribution in [-0.4, -0.2) is 60.2 Å². The van der Waals surface area contributed by atoms with E-state index in [0.29, 0.717) is 38.4 Å². The lowest BCUT2D eigenvalue weighted by Gasteiger charge is -2.23. The number of rotatable bonds is 4. The molecule has 0 atom stereocenters. The van der Waals surface area contributed by atoms with Gasteiger partial charge in [0.15, 0.2) is 0 Å². The zero-order valence-electron chi connectivity index (χ0n) is 16.9. The van der Waals surface area contributed by atoms with Crippen molar-refractivity contribution in [2.24, 2.45) is 0 Å². The highest BCUT2D eigenvalue weighted by molar-refractivity contribution is 5.77.